The van der Waals surface area contributed by atoms with Gasteiger partial charge >= 0.3 is 0 Å². The third kappa shape index (κ3) is 4.37. The third-order valence-electron chi connectivity index (χ3n) is 9.89. The summed E-state index contributed by atoms with van der Waals surface area (Å²) in [6, 6.07) is 65.7. The molecular weight excluding hydrogens is 595 g/mol. The topological polar surface area (TPSA) is 24.0 Å². The summed E-state index contributed by atoms with van der Waals surface area (Å²) in [6.07, 6.45) is 0. The molecule has 0 spiro atoms. The molecular formula is C46H31N3. The molecule has 0 saturated carbocycles. The second-order valence-electron chi connectivity index (χ2n) is 12.7. The number of benzene rings is 8. The smallest absolute Gasteiger partial charge is 0.0544 e. The fourth-order valence-corrected chi connectivity index (χ4v) is 7.71. The highest BCUT2D eigenvalue weighted by Crippen LogP contribution is 2.43. The maximum atomic E-state index is 3.72. The lowest BCUT2D eigenvalue weighted by Gasteiger charge is -2.27. The third-order valence-corrected chi connectivity index (χ3v) is 9.89. The average Bonchev–Trinajstić information content (AvgIpc) is 3.71. The highest BCUT2D eigenvalue weighted by molar-refractivity contribution is 6.13. The van der Waals surface area contributed by atoms with E-state index in [-0.39, 0.29) is 0 Å². The minimum atomic E-state index is 1.10. The Morgan fingerprint density at radius 3 is 2.02 bits per heavy atom. The molecule has 0 aliphatic heterocycles. The zero-order valence-corrected chi connectivity index (χ0v) is 26.7. The van der Waals surface area contributed by atoms with E-state index in [9.17, 15) is 0 Å². The lowest BCUT2D eigenvalue weighted by molar-refractivity contribution is 1.18. The second kappa shape index (κ2) is 11.0. The predicted molar refractivity (Wildman–Crippen MR) is 208 cm³/mol. The highest BCUT2D eigenvalue weighted by Gasteiger charge is 2.20. The summed E-state index contributed by atoms with van der Waals surface area (Å²) in [5.41, 5.74) is 11.6. The molecule has 0 bridgehead atoms. The number of rotatable bonds is 5. The van der Waals surface area contributed by atoms with Crippen molar-refractivity contribution < 1.29 is 0 Å². The van der Waals surface area contributed by atoms with Gasteiger partial charge in [-0.2, -0.15) is 0 Å². The number of H-pyrrole nitrogens is 1. The van der Waals surface area contributed by atoms with Crippen LogP contribution in [0.2, 0.25) is 0 Å². The fraction of sp³-hybridized carbons (Fsp3) is 0. The van der Waals surface area contributed by atoms with Gasteiger partial charge in [-0.25, -0.2) is 0 Å². The van der Waals surface area contributed by atoms with E-state index in [1.165, 1.54) is 54.5 Å². The van der Waals surface area contributed by atoms with Crippen LogP contribution in [0.3, 0.4) is 0 Å². The second-order valence-corrected chi connectivity index (χ2v) is 12.7. The van der Waals surface area contributed by atoms with E-state index in [2.05, 4.69) is 196 Å². The quantitative estimate of drug-likeness (QED) is 0.202. The molecule has 230 valence electrons. The lowest BCUT2D eigenvalue weighted by atomic mass is 10.0. The summed E-state index contributed by atoms with van der Waals surface area (Å²) in [6.45, 7) is 0. The van der Waals surface area contributed by atoms with E-state index in [0.29, 0.717) is 0 Å². The Bertz CT molecular complexity index is 2830. The number of hydrogen-bond acceptors (Lipinski definition) is 1. The number of hydrogen-bond donors (Lipinski definition) is 1. The first kappa shape index (κ1) is 27.5. The number of para-hydroxylation sites is 4. The molecule has 0 aliphatic carbocycles. The van der Waals surface area contributed by atoms with Crippen molar-refractivity contribution in [3.8, 4) is 16.8 Å². The molecule has 2 heterocycles. The minimum Gasteiger partial charge on any atom is -0.354 e. The van der Waals surface area contributed by atoms with Crippen molar-refractivity contribution in [2.75, 3.05) is 4.90 Å². The standard InChI is InChI=1S/C46H31N3/c1-2-16-33(17-3-1)49-44-25-9-7-21-39(44)41-30-35(27-28-45(41)49)48(43-26-11-14-31-13-4-5-19-36(31)43)34-18-10-15-32(29-34)37-22-12-23-40-38-20-6-8-24-42(38)47-46(37)40/h1-30,47H. The fourth-order valence-electron chi connectivity index (χ4n) is 7.71. The Morgan fingerprint density at radius 1 is 0.429 bits per heavy atom. The van der Waals surface area contributed by atoms with E-state index in [4.69, 9.17) is 0 Å². The van der Waals surface area contributed by atoms with E-state index in [1.807, 2.05) is 0 Å². The van der Waals surface area contributed by atoms with Crippen molar-refractivity contribution >= 4 is 71.4 Å². The normalized spacial score (nSPS) is 11.7. The van der Waals surface area contributed by atoms with Gasteiger partial charge < -0.3 is 14.5 Å². The van der Waals surface area contributed by atoms with Crippen LogP contribution in [-0.2, 0) is 0 Å². The number of fused-ring (bicyclic) bond motifs is 7. The first-order chi connectivity index (χ1) is 24.3. The number of aromatic amines is 1. The molecule has 2 aromatic heterocycles. The van der Waals surface area contributed by atoms with Crippen molar-refractivity contribution in [3.63, 3.8) is 0 Å². The van der Waals surface area contributed by atoms with Gasteiger partial charge in [0.05, 0.1) is 22.2 Å². The van der Waals surface area contributed by atoms with Gasteiger partial charge in [0, 0.05) is 55.1 Å². The van der Waals surface area contributed by atoms with Gasteiger partial charge in [-0.15, -0.1) is 0 Å². The minimum absolute atomic E-state index is 1.10. The maximum Gasteiger partial charge on any atom is 0.0544 e. The zero-order chi connectivity index (χ0) is 32.3. The molecule has 1 N–H and O–H groups in total. The van der Waals surface area contributed by atoms with Crippen LogP contribution in [-0.4, -0.2) is 9.55 Å². The van der Waals surface area contributed by atoms with Crippen molar-refractivity contribution in [1.29, 1.82) is 0 Å². The lowest BCUT2D eigenvalue weighted by Crippen LogP contribution is -2.10. The monoisotopic (exact) mass is 625 g/mol. The summed E-state index contributed by atoms with van der Waals surface area (Å²) in [5, 5.41) is 7.37. The molecule has 0 aliphatic rings. The molecule has 0 fully saturated rings. The number of nitrogens with one attached hydrogen (secondary N) is 1. The van der Waals surface area contributed by atoms with Gasteiger partial charge in [-0.3, -0.25) is 0 Å². The molecule has 3 nitrogen and oxygen atoms in total. The van der Waals surface area contributed by atoms with Gasteiger partial charge in [0.2, 0.25) is 0 Å². The molecule has 0 amide bonds. The van der Waals surface area contributed by atoms with Crippen LogP contribution in [0.25, 0.3) is 71.2 Å². The van der Waals surface area contributed by atoms with Crippen LogP contribution in [0, 0.1) is 0 Å². The molecule has 10 aromatic rings. The Balaban J connectivity index is 1.22. The summed E-state index contributed by atoms with van der Waals surface area (Å²) in [5.74, 6) is 0. The van der Waals surface area contributed by atoms with E-state index >= 15 is 0 Å². The summed E-state index contributed by atoms with van der Waals surface area (Å²) < 4.78 is 2.37. The zero-order valence-electron chi connectivity index (χ0n) is 26.7. The molecule has 10 rings (SSSR count). The van der Waals surface area contributed by atoms with Crippen LogP contribution in [0.4, 0.5) is 17.1 Å². The Hall–Kier alpha value is -6.58. The van der Waals surface area contributed by atoms with Crippen LogP contribution >= 0.6 is 0 Å². The molecule has 0 unspecified atom stereocenters. The van der Waals surface area contributed by atoms with Crippen molar-refractivity contribution in [1.82, 2.24) is 9.55 Å². The Labute approximate surface area is 283 Å². The van der Waals surface area contributed by atoms with Gasteiger partial charge in [0.1, 0.15) is 0 Å². The predicted octanol–water partition coefficient (Wildman–Crippen LogP) is 12.7. The van der Waals surface area contributed by atoms with Crippen LogP contribution < -0.4 is 4.90 Å². The van der Waals surface area contributed by atoms with E-state index in [1.54, 1.807) is 0 Å². The summed E-state index contributed by atoms with van der Waals surface area (Å²) in [7, 11) is 0. The summed E-state index contributed by atoms with van der Waals surface area (Å²) in [4.78, 5) is 6.14. The molecule has 0 atom stereocenters. The van der Waals surface area contributed by atoms with Crippen LogP contribution in [0.15, 0.2) is 182 Å². The van der Waals surface area contributed by atoms with Crippen LogP contribution in [0.5, 0.6) is 0 Å². The first-order valence-electron chi connectivity index (χ1n) is 16.8. The largest absolute Gasteiger partial charge is 0.354 e. The summed E-state index contributed by atoms with van der Waals surface area (Å²) >= 11 is 0. The highest BCUT2D eigenvalue weighted by atomic mass is 15.1. The first-order valence-corrected chi connectivity index (χ1v) is 16.8. The Morgan fingerprint density at radius 2 is 1.10 bits per heavy atom. The van der Waals surface area contributed by atoms with Gasteiger partial charge in [0.25, 0.3) is 0 Å². The van der Waals surface area contributed by atoms with E-state index < -0.39 is 0 Å². The van der Waals surface area contributed by atoms with Gasteiger partial charge in [-0.1, -0.05) is 121 Å². The molecule has 8 aromatic carbocycles. The molecule has 3 heteroatoms. The number of aromatic nitrogens is 2. The molecule has 49 heavy (non-hydrogen) atoms. The SMILES string of the molecule is c1ccc(-n2c3ccccc3c3cc(N(c4cccc(-c5cccc6c5[nH]c5ccccc56)c4)c4cccc5ccccc45)ccc32)cc1. The van der Waals surface area contributed by atoms with Gasteiger partial charge in [-0.05, 0) is 71.6 Å². The number of nitrogens with zero attached hydrogens (tertiary/aromatic N) is 2. The van der Waals surface area contributed by atoms with E-state index in [0.717, 1.165) is 33.8 Å². The van der Waals surface area contributed by atoms with Crippen molar-refractivity contribution in [2.45, 2.75) is 0 Å². The molecule has 0 saturated heterocycles. The average molecular weight is 626 g/mol. The van der Waals surface area contributed by atoms with Crippen molar-refractivity contribution in [2.24, 2.45) is 0 Å². The molecule has 0 radical (unpaired) electrons. The number of anilines is 3. The van der Waals surface area contributed by atoms with Crippen molar-refractivity contribution in [3.05, 3.63) is 182 Å². The van der Waals surface area contributed by atoms with Gasteiger partial charge in [0.15, 0.2) is 0 Å². The maximum absolute atomic E-state index is 3.72. The van der Waals surface area contributed by atoms with Crippen LogP contribution in [0.1, 0.15) is 0 Å². The Kier molecular flexibility index (Phi) is 6.18.